The molecule has 1 rings (SSSR count). The number of benzene rings is 1. The van der Waals surface area contributed by atoms with Gasteiger partial charge in [-0.15, -0.1) is 0 Å². The van der Waals surface area contributed by atoms with Crippen LogP contribution in [-0.2, 0) is 0 Å². The molecule has 0 aliphatic rings. The van der Waals surface area contributed by atoms with Crippen molar-refractivity contribution in [1.29, 1.82) is 0 Å². The van der Waals surface area contributed by atoms with E-state index < -0.39 is 0 Å². The van der Waals surface area contributed by atoms with Crippen LogP contribution >= 0.6 is 0 Å². The van der Waals surface area contributed by atoms with Crippen molar-refractivity contribution in [2.75, 3.05) is 24.7 Å². The van der Waals surface area contributed by atoms with Crippen molar-refractivity contribution in [1.82, 2.24) is 0 Å². The Kier molecular flexibility index (Phi) is 4.11. The van der Waals surface area contributed by atoms with Gasteiger partial charge in [-0.2, -0.15) is 0 Å². The summed E-state index contributed by atoms with van der Waals surface area (Å²) in [6, 6.07) is 5.61. The standard InChI is InChI=1S/C11H18N2O/c1-3-4-7-13-10-8-9(12)5-6-11(10)14-2/h5-6,8,13H,3-4,7,12H2,1-2H3. The number of rotatable bonds is 5. The maximum Gasteiger partial charge on any atom is 0.142 e. The first kappa shape index (κ1) is 10.7. The van der Waals surface area contributed by atoms with Gasteiger partial charge >= 0.3 is 0 Å². The van der Waals surface area contributed by atoms with E-state index in [0.717, 1.165) is 30.1 Å². The molecule has 3 heteroatoms. The average Bonchev–Trinajstić information content (AvgIpc) is 2.19. The van der Waals surface area contributed by atoms with Crippen LogP contribution in [0.25, 0.3) is 0 Å². The Morgan fingerprint density at radius 1 is 1.43 bits per heavy atom. The van der Waals surface area contributed by atoms with E-state index >= 15 is 0 Å². The summed E-state index contributed by atoms with van der Waals surface area (Å²) >= 11 is 0. The summed E-state index contributed by atoms with van der Waals surface area (Å²) in [6.45, 7) is 3.12. The summed E-state index contributed by atoms with van der Waals surface area (Å²) in [7, 11) is 1.66. The third-order valence-electron chi connectivity index (χ3n) is 2.07. The van der Waals surface area contributed by atoms with Gasteiger partial charge < -0.3 is 15.8 Å². The monoisotopic (exact) mass is 194 g/mol. The minimum Gasteiger partial charge on any atom is -0.495 e. The third kappa shape index (κ3) is 2.83. The summed E-state index contributed by atoms with van der Waals surface area (Å²) < 4.78 is 5.21. The van der Waals surface area contributed by atoms with Gasteiger partial charge in [0.05, 0.1) is 12.8 Å². The van der Waals surface area contributed by atoms with Crippen molar-refractivity contribution in [3.05, 3.63) is 18.2 Å². The Labute approximate surface area is 85.3 Å². The molecular weight excluding hydrogens is 176 g/mol. The lowest BCUT2D eigenvalue weighted by atomic mass is 10.2. The second kappa shape index (κ2) is 5.37. The molecule has 0 bridgehead atoms. The van der Waals surface area contributed by atoms with Crippen molar-refractivity contribution in [3.8, 4) is 5.75 Å². The number of nitrogen functional groups attached to an aromatic ring is 1. The molecule has 0 unspecified atom stereocenters. The van der Waals surface area contributed by atoms with E-state index in [2.05, 4.69) is 12.2 Å². The first-order valence-electron chi connectivity index (χ1n) is 4.95. The molecule has 3 N–H and O–H groups in total. The molecule has 3 nitrogen and oxygen atoms in total. The smallest absolute Gasteiger partial charge is 0.142 e. The summed E-state index contributed by atoms with van der Waals surface area (Å²) in [4.78, 5) is 0. The number of unbranched alkanes of at least 4 members (excludes halogenated alkanes) is 1. The Balaban J connectivity index is 2.67. The van der Waals surface area contributed by atoms with Gasteiger partial charge in [-0.05, 0) is 24.6 Å². The van der Waals surface area contributed by atoms with Crippen LogP contribution in [0.2, 0.25) is 0 Å². The van der Waals surface area contributed by atoms with Crippen molar-refractivity contribution < 1.29 is 4.74 Å². The first-order valence-corrected chi connectivity index (χ1v) is 4.95. The quantitative estimate of drug-likeness (QED) is 0.559. The van der Waals surface area contributed by atoms with E-state index in [0.29, 0.717) is 0 Å². The molecule has 1 aromatic rings. The van der Waals surface area contributed by atoms with Gasteiger partial charge in [0.2, 0.25) is 0 Å². The van der Waals surface area contributed by atoms with Crippen LogP contribution in [-0.4, -0.2) is 13.7 Å². The van der Waals surface area contributed by atoms with Crippen molar-refractivity contribution >= 4 is 11.4 Å². The lowest BCUT2D eigenvalue weighted by Crippen LogP contribution is -2.03. The van der Waals surface area contributed by atoms with Crippen molar-refractivity contribution in [2.24, 2.45) is 0 Å². The molecule has 0 heterocycles. The average molecular weight is 194 g/mol. The van der Waals surface area contributed by atoms with Crippen LogP contribution in [0.4, 0.5) is 11.4 Å². The fraction of sp³-hybridized carbons (Fsp3) is 0.455. The van der Waals surface area contributed by atoms with Crippen molar-refractivity contribution in [3.63, 3.8) is 0 Å². The zero-order valence-corrected chi connectivity index (χ0v) is 8.84. The minimum absolute atomic E-state index is 0.754. The normalized spacial score (nSPS) is 9.86. The molecule has 1 aromatic carbocycles. The topological polar surface area (TPSA) is 47.3 Å². The SMILES string of the molecule is CCCCNc1cc(N)ccc1OC. The lowest BCUT2D eigenvalue weighted by Gasteiger charge is -2.11. The van der Waals surface area contributed by atoms with E-state index in [1.54, 1.807) is 7.11 Å². The third-order valence-corrected chi connectivity index (χ3v) is 2.07. The first-order chi connectivity index (χ1) is 6.77. The number of hydrogen-bond donors (Lipinski definition) is 2. The minimum atomic E-state index is 0.754. The molecule has 0 aliphatic heterocycles. The number of hydrogen-bond acceptors (Lipinski definition) is 3. The van der Waals surface area contributed by atoms with Crippen molar-refractivity contribution in [2.45, 2.75) is 19.8 Å². The maximum absolute atomic E-state index is 5.69. The van der Waals surface area contributed by atoms with Gasteiger partial charge in [0.25, 0.3) is 0 Å². The number of anilines is 2. The molecule has 0 aliphatic carbocycles. The summed E-state index contributed by atoms with van der Waals surface area (Å²) in [6.07, 6.45) is 2.33. The Morgan fingerprint density at radius 3 is 2.86 bits per heavy atom. The molecule has 0 amide bonds. The molecule has 0 fully saturated rings. The predicted octanol–water partition coefficient (Wildman–Crippen LogP) is 2.49. The molecular formula is C11H18N2O. The second-order valence-electron chi connectivity index (χ2n) is 3.24. The molecule has 14 heavy (non-hydrogen) atoms. The highest BCUT2D eigenvalue weighted by atomic mass is 16.5. The van der Waals surface area contributed by atoms with Gasteiger partial charge in [-0.3, -0.25) is 0 Å². The Hall–Kier alpha value is -1.38. The largest absolute Gasteiger partial charge is 0.495 e. The highest BCUT2D eigenvalue weighted by molar-refractivity contribution is 5.63. The van der Waals surface area contributed by atoms with E-state index in [1.807, 2.05) is 18.2 Å². The maximum atomic E-state index is 5.69. The number of methoxy groups -OCH3 is 1. The van der Waals surface area contributed by atoms with Crippen LogP contribution in [0.1, 0.15) is 19.8 Å². The number of nitrogens with two attached hydrogens (primary N) is 1. The van der Waals surface area contributed by atoms with E-state index in [-0.39, 0.29) is 0 Å². The van der Waals surface area contributed by atoms with Crippen LogP contribution in [0.15, 0.2) is 18.2 Å². The molecule has 0 aromatic heterocycles. The van der Waals surface area contributed by atoms with Gasteiger partial charge in [0, 0.05) is 12.2 Å². The van der Waals surface area contributed by atoms with Crippen LogP contribution in [0, 0.1) is 0 Å². The van der Waals surface area contributed by atoms with E-state index in [9.17, 15) is 0 Å². The molecule has 0 spiro atoms. The predicted molar refractivity (Wildman–Crippen MR) is 60.8 cm³/mol. The van der Waals surface area contributed by atoms with Gasteiger partial charge in [-0.1, -0.05) is 13.3 Å². The van der Waals surface area contributed by atoms with Crippen LogP contribution in [0.3, 0.4) is 0 Å². The zero-order chi connectivity index (χ0) is 10.4. The van der Waals surface area contributed by atoms with E-state index in [4.69, 9.17) is 10.5 Å². The Bertz CT molecular complexity index is 287. The Morgan fingerprint density at radius 2 is 2.21 bits per heavy atom. The molecule has 0 radical (unpaired) electrons. The van der Waals surface area contributed by atoms with Crippen LogP contribution < -0.4 is 15.8 Å². The van der Waals surface area contributed by atoms with Gasteiger partial charge in [-0.25, -0.2) is 0 Å². The van der Waals surface area contributed by atoms with E-state index in [1.165, 1.54) is 6.42 Å². The number of ether oxygens (including phenoxy) is 1. The van der Waals surface area contributed by atoms with Gasteiger partial charge in [0.1, 0.15) is 5.75 Å². The summed E-state index contributed by atoms with van der Waals surface area (Å²) in [5.74, 6) is 0.843. The summed E-state index contributed by atoms with van der Waals surface area (Å²) in [5.41, 5.74) is 7.42. The highest BCUT2D eigenvalue weighted by Crippen LogP contribution is 2.26. The fourth-order valence-corrected chi connectivity index (χ4v) is 1.26. The van der Waals surface area contributed by atoms with Crippen LogP contribution in [0.5, 0.6) is 5.75 Å². The second-order valence-corrected chi connectivity index (χ2v) is 3.24. The van der Waals surface area contributed by atoms with Gasteiger partial charge in [0.15, 0.2) is 0 Å². The highest BCUT2D eigenvalue weighted by Gasteiger charge is 2.01. The zero-order valence-electron chi connectivity index (χ0n) is 8.84. The lowest BCUT2D eigenvalue weighted by molar-refractivity contribution is 0.416. The molecule has 78 valence electrons. The molecule has 0 saturated heterocycles. The fourth-order valence-electron chi connectivity index (χ4n) is 1.26. The number of nitrogens with one attached hydrogen (secondary N) is 1. The molecule has 0 saturated carbocycles. The summed E-state index contributed by atoms with van der Waals surface area (Å²) in [5, 5.41) is 3.30. The molecule has 0 atom stereocenters.